The van der Waals surface area contributed by atoms with Crippen molar-refractivity contribution < 1.29 is 19.1 Å². The zero-order chi connectivity index (χ0) is 23.4. The van der Waals surface area contributed by atoms with Gasteiger partial charge in [-0.15, -0.1) is 12.6 Å². The Bertz CT molecular complexity index is 1290. The number of aliphatic hydroxyl groups excluding tert-OH is 1. The van der Waals surface area contributed by atoms with Crippen molar-refractivity contribution in [2.24, 2.45) is 0 Å². The van der Waals surface area contributed by atoms with Crippen LogP contribution < -0.4 is 10.8 Å². The molecule has 0 atom stereocenters. The second-order valence-electron chi connectivity index (χ2n) is 7.48. The fraction of sp³-hybridized carbons (Fsp3) is 0.167. The van der Waals surface area contributed by atoms with Crippen molar-refractivity contribution in [1.82, 2.24) is 15.0 Å². The Morgan fingerprint density at radius 3 is 2.73 bits per heavy atom. The van der Waals surface area contributed by atoms with Crippen LogP contribution in [-0.4, -0.2) is 33.8 Å². The molecule has 1 amide bonds. The molecule has 0 fully saturated rings. The minimum absolute atomic E-state index is 0.0632. The number of carbonyl (C=O) groups is 1. The lowest BCUT2D eigenvalue weighted by atomic mass is 10.2. The fourth-order valence-corrected chi connectivity index (χ4v) is 3.72. The van der Waals surface area contributed by atoms with E-state index in [-0.39, 0.29) is 24.6 Å². The molecule has 33 heavy (non-hydrogen) atoms. The van der Waals surface area contributed by atoms with Crippen molar-refractivity contribution >= 4 is 40.8 Å². The standard InChI is InChI=1S/C24H23FN4O3S/c1-15-2-7-20(19(25)12-15)27-22-18-13-26-9-8-21(18)29(14-16-3-5-17(33)6-4-16)23(22)24(31)28-32-11-10-30/h2-9,12-13,27,30,33H,10-11,14H2,1H3,(H,28,31). The Morgan fingerprint density at radius 2 is 2.00 bits per heavy atom. The molecule has 0 bridgehead atoms. The smallest absolute Gasteiger partial charge is 0.293 e. The molecule has 170 valence electrons. The third kappa shape index (κ3) is 5.00. The number of hydrogen-bond acceptors (Lipinski definition) is 6. The van der Waals surface area contributed by atoms with Gasteiger partial charge in [0, 0.05) is 29.2 Å². The molecule has 0 unspecified atom stereocenters. The average molecular weight is 467 g/mol. The van der Waals surface area contributed by atoms with Gasteiger partial charge in [-0.05, 0) is 48.4 Å². The van der Waals surface area contributed by atoms with Crippen LogP contribution in [0.4, 0.5) is 15.8 Å². The summed E-state index contributed by atoms with van der Waals surface area (Å²) in [5, 5.41) is 12.7. The Balaban J connectivity index is 1.86. The number of nitrogens with zero attached hydrogens (tertiary/aromatic N) is 2. The van der Waals surface area contributed by atoms with E-state index in [2.05, 4.69) is 28.4 Å². The number of hydroxylamine groups is 1. The number of benzene rings is 2. The van der Waals surface area contributed by atoms with Crippen molar-refractivity contribution in [3.63, 3.8) is 0 Å². The number of carbonyl (C=O) groups excluding carboxylic acids is 1. The number of aliphatic hydroxyl groups is 1. The van der Waals surface area contributed by atoms with E-state index >= 15 is 0 Å². The van der Waals surface area contributed by atoms with Gasteiger partial charge in [-0.1, -0.05) is 18.2 Å². The van der Waals surface area contributed by atoms with E-state index in [1.54, 1.807) is 37.5 Å². The first-order valence-electron chi connectivity index (χ1n) is 10.3. The molecule has 2 heterocycles. The fourth-order valence-electron chi connectivity index (χ4n) is 3.58. The number of halogens is 1. The van der Waals surface area contributed by atoms with Gasteiger partial charge < -0.3 is 15.0 Å². The molecule has 4 rings (SSSR count). The van der Waals surface area contributed by atoms with Crippen LogP contribution in [-0.2, 0) is 11.4 Å². The minimum atomic E-state index is -0.541. The minimum Gasteiger partial charge on any atom is -0.394 e. The summed E-state index contributed by atoms with van der Waals surface area (Å²) < 4.78 is 16.5. The molecule has 0 saturated heterocycles. The Labute approximate surface area is 195 Å². The molecule has 0 aliphatic carbocycles. The van der Waals surface area contributed by atoms with E-state index < -0.39 is 11.7 Å². The summed E-state index contributed by atoms with van der Waals surface area (Å²) in [6.45, 7) is 1.86. The maximum absolute atomic E-state index is 14.7. The van der Waals surface area contributed by atoms with E-state index in [9.17, 15) is 9.18 Å². The van der Waals surface area contributed by atoms with Crippen LogP contribution in [0.3, 0.4) is 0 Å². The molecular formula is C24H23FN4O3S. The maximum Gasteiger partial charge on any atom is 0.293 e. The van der Waals surface area contributed by atoms with Gasteiger partial charge in [0.25, 0.3) is 5.91 Å². The summed E-state index contributed by atoms with van der Waals surface area (Å²) in [6, 6.07) is 14.2. The van der Waals surface area contributed by atoms with Crippen molar-refractivity contribution in [2.75, 3.05) is 18.5 Å². The molecule has 0 aliphatic rings. The van der Waals surface area contributed by atoms with Crippen molar-refractivity contribution in [3.05, 3.63) is 83.6 Å². The number of aromatic nitrogens is 2. The molecule has 7 nitrogen and oxygen atoms in total. The number of rotatable bonds is 8. The molecule has 0 radical (unpaired) electrons. The highest BCUT2D eigenvalue weighted by molar-refractivity contribution is 7.80. The zero-order valence-corrected chi connectivity index (χ0v) is 18.8. The normalized spacial score (nSPS) is 11.0. The summed E-state index contributed by atoms with van der Waals surface area (Å²) in [7, 11) is 0. The van der Waals surface area contributed by atoms with Crippen molar-refractivity contribution in [1.29, 1.82) is 0 Å². The van der Waals surface area contributed by atoms with Gasteiger partial charge in [0.05, 0.1) is 30.1 Å². The number of nitrogens with one attached hydrogen (secondary N) is 2. The van der Waals surface area contributed by atoms with Crippen LogP contribution in [0.25, 0.3) is 10.9 Å². The van der Waals surface area contributed by atoms with Gasteiger partial charge >= 0.3 is 0 Å². The largest absolute Gasteiger partial charge is 0.394 e. The second kappa shape index (κ2) is 10.0. The topological polar surface area (TPSA) is 88.4 Å². The molecule has 0 spiro atoms. The van der Waals surface area contributed by atoms with Gasteiger partial charge in [0.1, 0.15) is 11.5 Å². The maximum atomic E-state index is 14.7. The lowest BCUT2D eigenvalue weighted by Crippen LogP contribution is -2.28. The SMILES string of the molecule is Cc1ccc(Nc2c(C(=O)NOCCO)n(Cc3ccc(S)cc3)c3ccncc23)c(F)c1. The number of amides is 1. The van der Waals surface area contributed by atoms with Gasteiger partial charge in [-0.3, -0.25) is 14.6 Å². The van der Waals surface area contributed by atoms with Crippen LogP contribution in [0.1, 0.15) is 21.6 Å². The number of pyridine rings is 1. The lowest BCUT2D eigenvalue weighted by molar-refractivity contribution is 0.0163. The van der Waals surface area contributed by atoms with Crippen LogP contribution >= 0.6 is 12.6 Å². The summed E-state index contributed by atoms with van der Waals surface area (Å²) >= 11 is 4.33. The molecule has 0 aliphatic heterocycles. The van der Waals surface area contributed by atoms with E-state index in [1.807, 2.05) is 28.8 Å². The van der Waals surface area contributed by atoms with E-state index in [0.29, 0.717) is 17.6 Å². The first-order valence-corrected chi connectivity index (χ1v) is 10.7. The average Bonchev–Trinajstić information content (AvgIpc) is 3.10. The third-order valence-corrected chi connectivity index (χ3v) is 5.40. The summed E-state index contributed by atoms with van der Waals surface area (Å²) in [4.78, 5) is 23.3. The van der Waals surface area contributed by atoms with Crippen LogP contribution in [0.15, 0.2) is 65.8 Å². The van der Waals surface area contributed by atoms with Crippen LogP contribution in [0.5, 0.6) is 0 Å². The highest BCUT2D eigenvalue weighted by Crippen LogP contribution is 2.34. The Hall–Kier alpha value is -3.40. The monoisotopic (exact) mass is 466 g/mol. The van der Waals surface area contributed by atoms with Gasteiger partial charge in [0.15, 0.2) is 0 Å². The van der Waals surface area contributed by atoms with Crippen molar-refractivity contribution in [2.45, 2.75) is 18.4 Å². The molecule has 4 aromatic rings. The van der Waals surface area contributed by atoms with E-state index in [4.69, 9.17) is 9.94 Å². The molecule has 9 heteroatoms. The van der Waals surface area contributed by atoms with Gasteiger partial charge in [-0.25, -0.2) is 9.87 Å². The highest BCUT2D eigenvalue weighted by atomic mass is 32.1. The second-order valence-corrected chi connectivity index (χ2v) is 8.00. The van der Waals surface area contributed by atoms with Crippen molar-refractivity contribution in [3.8, 4) is 0 Å². The molecule has 3 N–H and O–H groups in total. The van der Waals surface area contributed by atoms with Crippen LogP contribution in [0.2, 0.25) is 0 Å². The molecule has 2 aromatic carbocycles. The summed E-state index contributed by atoms with van der Waals surface area (Å²) in [5.41, 5.74) is 5.70. The Morgan fingerprint density at radius 1 is 1.21 bits per heavy atom. The van der Waals surface area contributed by atoms with E-state index in [1.165, 1.54) is 6.07 Å². The molecule has 0 saturated carbocycles. The predicted molar refractivity (Wildman–Crippen MR) is 127 cm³/mol. The first kappa shape index (κ1) is 22.8. The number of hydrogen-bond donors (Lipinski definition) is 4. The number of aryl methyl sites for hydroxylation is 1. The quantitative estimate of drug-likeness (QED) is 0.177. The number of fused-ring (bicyclic) bond motifs is 1. The Kier molecular flexibility index (Phi) is 6.93. The lowest BCUT2D eigenvalue weighted by Gasteiger charge is -2.14. The number of anilines is 2. The van der Waals surface area contributed by atoms with Gasteiger partial charge in [0.2, 0.25) is 0 Å². The highest BCUT2D eigenvalue weighted by Gasteiger charge is 2.24. The molecular weight excluding hydrogens is 443 g/mol. The first-order chi connectivity index (χ1) is 16.0. The number of thiol groups is 1. The third-order valence-electron chi connectivity index (χ3n) is 5.10. The van der Waals surface area contributed by atoms with Crippen LogP contribution in [0, 0.1) is 12.7 Å². The zero-order valence-electron chi connectivity index (χ0n) is 17.9. The predicted octanol–water partition coefficient (Wildman–Crippen LogP) is 4.22. The van der Waals surface area contributed by atoms with E-state index in [0.717, 1.165) is 21.5 Å². The molecule has 2 aromatic heterocycles. The van der Waals surface area contributed by atoms with Gasteiger partial charge in [-0.2, -0.15) is 0 Å². The summed E-state index contributed by atoms with van der Waals surface area (Å²) in [5.74, 6) is -0.979. The summed E-state index contributed by atoms with van der Waals surface area (Å²) in [6.07, 6.45) is 3.26.